The molecule has 3 amide bonds. The van der Waals surface area contributed by atoms with E-state index < -0.39 is 53.5 Å². The molecule has 4 atom stereocenters. The van der Waals surface area contributed by atoms with E-state index in [9.17, 15) is 24.3 Å². The first-order chi connectivity index (χ1) is 18.8. The van der Waals surface area contributed by atoms with Crippen molar-refractivity contribution in [2.24, 2.45) is 5.92 Å². The molecule has 0 saturated carbocycles. The van der Waals surface area contributed by atoms with Gasteiger partial charge in [0.1, 0.15) is 23.7 Å². The highest BCUT2D eigenvalue weighted by molar-refractivity contribution is 5.93. The fraction of sp³-hybridized carbons (Fsp3) is 0.484. The monoisotopic (exact) mass is 553 g/mol. The SMILES string of the molecule is CC(C)CC[C@@H](NC(=O)[C@@H](Cc1ccccc1)NC(=O)[C@H](NC(=O)OC(C)(C)C)[C@H](C)c1ccccc1)C(=O)O. The normalized spacial score (nSPS) is 14.4. The van der Waals surface area contributed by atoms with Crippen molar-refractivity contribution >= 4 is 23.9 Å². The van der Waals surface area contributed by atoms with Crippen LogP contribution in [0.5, 0.6) is 0 Å². The summed E-state index contributed by atoms with van der Waals surface area (Å²) in [7, 11) is 0. The summed E-state index contributed by atoms with van der Waals surface area (Å²) in [6, 6.07) is 15.1. The minimum atomic E-state index is -1.14. The first-order valence-electron chi connectivity index (χ1n) is 13.7. The molecule has 0 unspecified atom stereocenters. The number of hydrogen-bond acceptors (Lipinski definition) is 5. The molecule has 0 fully saturated rings. The van der Waals surface area contributed by atoms with Crippen molar-refractivity contribution in [2.45, 2.75) is 90.4 Å². The third-order valence-electron chi connectivity index (χ3n) is 6.34. The predicted molar refractivity (Wildman–Crippen MR) is 154 cm³/mol. The Morgan fingerprint density at radius 3 is 1.85 bits per heavy atom. The molecular weight excluding hydrogens is 510 g/mol. The molecule has 2 rings (SSSR count). The van der Waals surface area contributed by atoms with Crippen LogP contribution in [0.3, 0.4) is 0 Å². The molecule has 4 N–H and O–H groups in total. The molecule has 0 saturated heterocycles. The fourth-order valence-corrected chi connectivity index (χ4v) is 4.15. The Morgan fingerprint density at radius 1 is 0.775 bits per heavy atom. The summed E-state index contributed by atoms with van der Waals surface area (Å²) in [5, 5.41) is 17.8. The standard InChI is InChI=1S/C31H43N3O6/c1-20(2)17-18-24(29(37)38)32-27(35)25(19-22-13-9-7-10-14-22)33-28(36)26(34-30(39)40-31(4,5)6)21(3)23-15-11-8-12-16-23/h7-16,20-21,24-26H,17-19H2,1-6H3,(H,32,35)(H,33,36)(H,34,39)(H,37,38)/t21-,24-,25-,26-/m1/s1. The number of nitrogens with one attached hydrogen (secondary N) is 3. The van der Waals surface area contributed by atoms with Gasteiger partial charge < -0.3 is 25.8 Å². The van der Waals surface area contributed by atoms with Gasteiger partial charge in [-0.05, 0) is 50.7 Å². The second kappa shape index (κ2) is 15.1. The molecule has 0 bridgehead atoms. The van der Waals surface area contributed by atoms with Crippen molar-refractivity contribution in [1.82, 2.24) is 16.0 Å². The number of carboxylic acids is 1. The zero-order valence-corrected chi connectivity index (χ0v) is 24.3. The second-order valence-electron chi connectivity index (χ2n) is 11.4. The number of aliphatic carboxylic acids is 1. The Kier molecular flexibility index (Phi) is 12.2. The maximum Gasteiger partial charge on any atom is 0.408 e. The molecule has 0 aromatic heterocycles. The average molecular weight is 554 g/mol. The molecule has 40 heavy (non-hydrogen) atoms. The van der Waals surface area contributed by atoms with E-state index in [1.807, 2.05) is 74.5 Å². The van der Waals surface area contributed by atoms with Crippen molar-refractivity contribution in [3.05, 3.63) is 71.8 Å². The average Bonchev–Trinajstić information content (AvgIpc) is 2.88. The van der Waals surface area contributed by atoms with E-state index in [4.69, 9.17) is 4.74 Å². The summed E-state index contributed by atoms with van der Waals surface area (Å²) < 4.78 is 5.40. The van der Waals surface area contributed by atoms with E-state index in [1.165, 1.54) is 0 Å². The summed E-state index contributed by atoms with van der Waals surface area (Å²) in [4.78, 5) is 51.7. The molecule has 2 aromatic rings. The maximum absolute atomic E-state index is 13.7. The van der Waals surface area contributed by atoms with E-state index in [1.54, 1.807) is 27.7 Å². The van der Waals surface area contributed by atoms with Crippen LogP contribution in [0.2, 0.25) is 0 Å². The molecule has 9 heteroatoms. The van der Waals surface area contributed by atoms with Crippen LogP contribution in [0, 0.1) is 5.92 Å². The lowest BCUT2D eigenvalue weighted by Gasteiger charge is -2.29. The topological polar surface area (TPSA) is 134 Å². The lowest BCUT2D eigenvalue weighted by molar-refractivity contribution is -0.142. The van der Waals surface area contributed by atoms with Crippen LogP contribution >= 0.6 is 0 Å². The van der Waals surface area contributed by atoms with Gasteiger partial charge in [0, 0.05) is 12.3 Å². The van der Waals surface area contributed by atoms with E-state index in [0.717, 1.165) is 11.1 Å². The number of hydrogen-bond donors (Lipinski definition) is 4. The van der Waals surface area contributed by atoms with Gasteiger partial charge in [0.2, 0.25) is 11.8 Å². The molecule has 218 valence electrons. The highest BCUT2D eigenvalue weighted by Crippen LogP contribution is 2.20. The molecule has 0 heterocycles. The van der Waals surface area contributed by atoms with Crippen molar-refractivity contribution in [2.75, 3.05) is 0 Å². The quantitative estimate of drug-likeness (QED) is 0.290. The molecule has 2 aromatic carbocycles. The summed E-state index contributed by atoms with van der Waals surface area (Å²) in [6.07, 6.45) is 0.245. The van der Waals surface area contributed by atoms with Crippen LogP contribution < -0.4 is 16.0 Å². The number of carbonyl (C=O) groups excluding carboxylic acids is 3. The van der Waals surface area contributed by atoms with Crippen LogP contribution in [-0.4, -0.2) is 52.7 Å². The molecule has 0 aliphatic carbocycles. The molecule has 0 aliphatic rings. The Morgan fingerprint density at radius 2 is 1.32 bits per heavy atom. The van der Waals surface area contributed by atoms with Crippen molar-refractivity contribution in [1.29, 1.82) is 0 Å². The summed E-state index contributed by atoms with van der Waals surface area (Å²) in [6.45, 7) is 10.9. The number of rotatable bonds is 13. The summed E-state index contributed by atoms with van der Waals surface area (Å²) in [5.74, 6) is -2.55. The van der Waals surface area contributed by atoms with Gasteiger partial charge in [0.15, 0.2) is 0 Å². The molecule has 0 aliphatic heterocycles. The maximum atomic E-state index is 13.7. The van der Waals surface area contributed by atoms with Gasteiger partial charge in [-0.15, -0.1) is 0 Å². The summed E-state index contributed by atoms with van der Waals surface area (Å²) in [5.41, 5.74) is 0.811. The van der Waals surface area contributed by atoms with E-state index in [-0.39, 0.29) is 18.8 Å². The molecule has 9 nitrogen and oxygen atoms in total. The van der Waals surface area contributed by atoms with Crippen LogP contribution in [0.25, 0.3) is 0 Å². The van der Waals surface area contributed by atoms with E-state index in [2.05, 4.69) is 16.0 Å². The zero-order valence-electron chi connectivity index (χ0n) is 24.3. The number of benzene rings is 2. The zero-order chi connectivity index (χ0) is 29.9. The van der Waals surface area contributed by atoms with Gasteiger partial charge in [-0.3, -0.25) is 9.59 Å². The van der Waals surface area contributed by atoms with Gasteiger partial charge >= 0.3 is 12.1 Å². The van der Waals surface area contributed by atoms with Gasteiger partial charge in [-0.2, -0.15) is 0 Å². The largest absolute Gasteiger partial charge is 0.480 e. The fourth-order valence-electron chi connectivity index (χ4n) is 4.15. The Hall–Kier alpha value is -3.88. The third kappa shape index (κ3) is 11.1. The van der Waals surface area contributed by atoms with Crippen LogP contribution in [-0.2, 0) is 25.5 Å². The van der Waals surface area contributed by atoms with Crippen LogP contribution in [0.1, 0.15) is 71.4 Å². The van der Waals surface area contributed by atoms with Crippen molar-refractivity contribution in [3.8, 4) is 0 Å². The molecule has 0 radical (unpaired) electrons. The van der Waals surface area contributed by atoms with Crippen molar-refractivity contribution in [3.63, 3.8) is 0 Å². The number of amides is 3. The predicted octanol–water partition coefficient (Wildman–Crippen LogP) is 4.42. The first kappa shape index (κ1) is 32.3. The summed E-state index contributed by atoms with van der Waals surface area (Å²) >= 11 is 0. The van der Waals surface area contributed by atoms with Gasteiger partial charge in [-0.25, -0.2) is 9.59 Å². The minimum Gasteiger partial charge on any atom is -0.480 e. The Labute approximate surface area is 237 Å². The lowest BCUT2D eigenvalue weighted by atomic mass is 9.92. The van der Waals surface area contributed by atoms with E-state index in [0.29, 0.717) is 6.42 Å². The Bertz CT molecular complexity index is 1110. The van der Waals surface area contributed by atoms with Gasteiger partial charge in [0.25, 0.3) is 0 Å². The number of carbonyl (C=O) groups is 4. The van der Waals surface area contributed by atoms with E-state index >= 15 is 0 Å². The first-order valence-corrected chi connectivity index (χ1v) is 13.7. The highest BCUT2D eigenvalue weighted by atomic mass is 16.6. The molecular formula is C31H43N3O6. The van der Waals surface area contributed by atoms with Crippen LogP contribution in [0.4, 0.5) is 4.79 Å². The highest BCUT2D eigenvalue weighted by Gasteiger charge is 2.34. The number of ether oxygens (including phenoxy) is 1. The minimum absolute atomic E-state index is 0.133. The third-order valence-corrected chi connectivity index (χ3v) is 6.34. The van der Waals surface area contributed by atoms with Crippen LogP contribution in [0.15, 0.2) is 60.7 Å². The second-order valence-corrected chi connectivity index (χ2v) is 11.4. The lowest BCUT2D eigenvalue weighted by Crippen LogP contribution is -2.57. The van der Waals surface area contributed by atoms with Gasteiger partial charge in [-0.1, -0.05) is 81.4 Å². The number of alkyl carbamates (subject to hydrolysis) is 1. The van der Waals surface area contributed by atoms with Crippen molar-refractivity contribution < 1.29 is 29.0 Å². The molecule has 0 spiro atoms. The number of carboxylic acid groups (broad SMARTS) is 1. The van der Waals surface area contributed by atoms with Gasteiger partial charge in [0.05, 0.1) is 0 Å². The Balaban J connectivity index is 2.34. The smallest absolute Gasteiger partial charge is 0.408 e.